The molecule has 2 aromatic rings. The Morgan fingerprint density at radius 2 is 1.81 bits per heavy atom. The summed E-state index contributed by atoms with van der Waals surface area (Å²) in [5.41, 5.74) is -0.352. The van der Waals surface area contributed by atoms with E-state index in [1.807, 2.05) is 0 Å². The lowest BCUT2D eigenvalue weighted by atomic mass is 10.0. The van der Waals surface area contributed by atoms with Gasteiger partial charge in [0.05, 0.1) is 31.7 Å². The standard InChI is InChI=1S/C19H20F3NO3/c1-13(14-6-5-7-15(12-14)19(20,21)22)23-18(24)10-11-26-17-9-4-3-8-16(17)25-2/h3-9,12-13H,10-11H2,1-2H3,(H,23,24). The minimum absolute atomic E-state index is 0.0708. The van der Waals surface area contributed by atoms with Crippen molar-refractivity contribution in [2.75, 3.05) is 13.7 Å². The monoisotopic (exact) mass is 367 g/mol. The predicted molar refractivity (Wildman–Crippen MR) is 91.1 cm³/mol. The molecule has 26 heavy (non-hydrogen) atoms. The third-order valence-corrected chi connectivity index (χ3v) is 3.75. The predicted octanol–water partition coefficient (Wildman–Crippen LogP) is 4.36. The summed E-state index contributed by atoms with van der Waals surface area (Å²) >= 11 is 0. The summed E-state index contributed by atoms with van der Waals surface area (Å²) in [6.07, 6.45) is -4.34. The van der Waals surface area contributed by atoms with Crippen LogP contribution in [0, 0.1) is 0 Å². The van der Waals surface area contributed by atoms with Gasteiger partial charge < -0.3 is 14.8 Å². The molecule has 0 spiro atoms. The molecule has 0 heterocycles. The molecule has 0 saturated carbocycles. The quantitative estimate of drug-likeness (QED) is 0.791. The van der Waals surface area contributed by atoms with E-state index in [4.69, 9.17) is 9.47 Å². The van der Waals surface area contributed by atoms with Crippen molar-refractivity contribution in [1.29, 1.82) is 0 Å². The molecule has 7 heteroatoms. The van der Waals surface area contributed by atoms with Crippen LogP contribution in [0.1, 0.15) is 30.5 Å². The Morgan fingerprint density at radius 1 is 1.12 bits per heavy atom. The van der Waals surface area contributed by atoms with Gasteiger partial charge in [0.2, 0.25) is 5.91 Å². The number of rotatable bonds is 7. The van der Waals surface area contributed by atoms with Crippen molar-refractivity contribution in [2.45, 2.75) is 25.6 Å². The third kappa shape index (κ3) is 5.40. The van der Waals surface area contributed by atoms with E-state index in [1.165, 1.54) is 13.2 Å². The number of hydrogen-bond acceptors (Lipinski definition) is 3. The number of nitrogens with one attached hydrogen (secondary N) is 1. The van der Waals surface area contributed by atoms with E-state index in [-0.39, 0.29) is 18.9 Å². The maximum atomic E-state index is 12.8. The van der Waals surface area contributed by atoms with E-state index in [1.54, 1.807) is 37.3 Å². The van der Waals surface area contributed by atoms with Crippen LogP contribution in [0.25, 0.3) is 0 Å². The van der Waals surface area contributed by atoms with Gasteiger partial charge in [0.25, 0.3) is 0 Å². The summed E-state index contributed by atoms with van der Waals surface area (Å²) in [6, 6.07) is 11.4. The zero-order chi connectivity index (χ0) is 19.2. The molecule has 0 aliphatic carbocycles. The molecule has 0 radical (unpaired) electrons. The Kier molecular flexibility index (Phi) is 6.49. The van der Waals surface area contributed by atoms with Crippen LogP contribution < -0.4 is 14.8 Å². The van der Waals surface area contributed by atoms with Crippen LogP contribution in [-0.4, -0.2) is 19.6 Å². The Morgan fingerprint density at radius 3 is 2.46 bits per heavy atom. The van der Waals surface area contributed by atoms with Gasteiger partial charge in [0.15, 0.2) is 11.5 Å². The minimum Gasteiger partial charge on any atom is -0.493 e. The minimum atomic E-state index is -4.41. The van der Waals surface area contributed by atoms with Crippen LogP contribution in [0.15, 0.2) is 48.5 Å². The molecule has 0 saturated heterocycles. The number of carbonyl (C=O) groups excluding carboxylic acids is 1. The van der Waals surface area contributed by atoms with Gasteiger partial charge >= 0.3 is 6.18 Å². The molecule has 0 bridgehead atoms. The number of para-hydroxylation sites is 2. The number of halogens is 3. The molecular weight excluding hydrogens is 347 g/mol. The van der Waals surface area contributed by atoms with Gasteiger partial charge in [-0.25, -0.2) is 0 Å². The second kappa shape index (κ2) is 8.60. The molecule has 1 atom stereocenters. The largest absolute Gasteiger partial charge is 0.493 e. The first kappa shape index (κ1) is 19.6. The summed E-state index contributed by atoms with van der Waals surface area (Å²) in [6.45, 7) is 1.76. The average molecular weight is 367 g/mol. The molecular formula is C19H20F3NO3. The lowest BCUT2D eigenvalue weighted by Crippen LogP contribution is -2.28. The average Bonchev–Trinajstić information content (AvgIpc) is 2.61. The molecule has 140 valence electrons. The fourth-order valence-electron chi connectivity index (χ4n) is 2.37. The van der Waals surface area contributed by atoms with Gasteiger partial charge in [0, 0.05) is 0 Å². The maximum absolute atomic E-state index is 12.8. The van der Waals surface area contributed by atoms with Crippen LogP contribution in [-0.2, 0) is 11.0 Å². The van der Waals surface area contributed by atoms with Crippen LogP contribution in [0.3, 0.4) is 0 Å². The topological polar surface area (TPSA) is 47.6 Å². The highest BCUT2D eigenvalue weighted by Gasteiger charge is 2.30. The van der Waals surface area contributed by atoms with E-state index in [0.29, 0.717) is 17.1 Å². The number of benzene rings is 2. The molecule has 1 unspecified atom stereocenters. The smallest absolute Gasteiger partial charge is 0.416 e. The Balaban J connectivity index is 1.87. The number of alkyl halides is 3. The molecule has 0 aromatic heterocycles. The summed E-state index contributed by atoms with van der Waals surface area (Å²) < 4.78 is 49.0. The first-order valence-electron chi connectivity index (χ1n) is 8.03. The van der Waals surface area contributed by atoms with Gasteiger partial charge in [-0.2, -0.15) is 13.2 Å². The van der Waals surface area contributed by atoms with Gasteiger partial charge in [-0.3, -0.25) is 4.79 Å². The number of ether oxygens (including phenoxy) is 2. The fraction of sp³-hybridized carbons (Fsp3) is 0.316. The van der Waals surface area contributed by atoms with Gasteiger partial charge in [-0.1, -0.05) is 24.3 Å². The Hall–Kier alpha value is -2.70. The van der Waals surface area contributed by atoms with Crippen LogP contribution in [0.4, 0.5) is 13.2 Å². The van der Waals surface area contributed by atoms with Crippen LogP contribution in [0.2, 0.25) is 0 Å². The Labute approximate surface area is 149 Å². The zero-order valence-electron chi connectivity index (χ0n) is 14.5. The summed E-state index contributed by atoms with van der Waals surface area (Å²) in [4.78, 5) is 12.0. The highest BCUT2D eigenvalue weighted by atomic mass is 19.4. The fourth-order valence-corrected chi connectivity index (χ4v) is 2.37. The summed E-state index contributed by atoms with van der Waals surface area (Å²) in [5, 5.41) is 2.67. The van der Waals surface area contributed by atoms with E-state index < -0.39 is 17.8 Å². The number of hydrogen-bond donors (Lipinski definition) is 1. The summed E-state index contributed by atoms with van der Waals surface area (Å²) in [5.74, 6) is 0.767. The number of amides is 1. The molecule has 0 aliphatic rings. The van der Waals surface area contributed by atoms with Crippen molar-refractivity contribution in [3.63, 3.8) is 0 Å². The van der Waals surface area contributed by atoms with E-state index >= 15 is 0 Å². The molecule has 4 nitrogen and oxygen atoms in total. The van der Waals surface area contributed by atoms with Crippen molar-refractivity contribution in [2.24, 2.45) is 0 Å². The number of carbonyl (C=O) groups is 1. The zero-order valence-corrected chi connectivity index (χ0v) is 14.5. The van der Waals surface area contributed by atoms with Crippen molar-refractivity contribution < 1.29 is 27.4 Å². The molecule has 0 aliphatic heterocycles. The lowest BCUT2D eigenvalue weighted by molar-refractivity contribution is -0.137. The highest BCUT2D eigenvalue weighted by Crippen LogP contribution is 2.30. The molecule has 2 aromatic carbocycles. The third-order valence-electron chi connectivity index (χ3n) is 3.75. The second-order valence-corrected chi connectivity index (χ2v) is 5.66. The van der Waals surface area contributed by atoms with Crippen molar-refractivity contribution in [3.05, 3.63) is 59.7 Å². The van der Waals surface area contributed by atoms with E-state index in [2.05, 4.69) is 5.32 Å². The second-order valence-electron chi connectivity index (χ2n) is 5.66. The molecule has 0 fully saturated rings. The SMILES string of the molecule is COc1ccccc1OCCC(=O)NC(C)c1cccc(C(F)(F)F)c1. The number of methoxy groups -OCH3 is 1. The van der Waals surface area contributed by atoms with Crippen molar-refractivity contribution in [3.8, 4) is 11.5 Å². The maximum Gasteiger partial charge on any atom is 0.416 e. The molecule has 1 N–H and O–H groups in total. The molecule has 1 amide bonds. The normalized spacial score (nSPS) is 12.3. The van der Waals surface area contributed by atoms with Gasteiger partial charge in [0.1, 0.15) is 0 Å². The van der Waals surface area contributed by atoms with E-state index in [9.17, 15) is 18.0 Å². The highest BCUT2D eigenvalue weighted by molar-refractivity contribution is 5.76. The van der Waals surface area contributed by atoms with E-state index in [0.717, 1.165) is 12.1 Å². The van der Waals surface area contributed by atoms with Crippen molar-refractivity contribution >= 4 is 5.91 Å². The lowest BCUT2D eigenvalue weighted by Gasteiger charge is -2.16. The Bertz CT molecular complexity index is 747. The van der Waals surface area contributed by atoms with Crippen molar-refractivity contribution in [1.82, 2.24) is 5.32 Å². The first-order valence-corrected chi connectivity index (χ1v) is 8.03. The summed E-state index contributed by atoms with van der Waals surface area (Å²) in [7, 11) is 1.52. The van der Waals surface area contributed by atoms with Crippen LogP contribution >= 0.6 is 0 Å². The molecule has 2 rings (SSSR count). The van der Waals surface area contributed by atoms with Gasteiger partial charge in [-0.05, 0) is 36.8 Å². The first-order chi connectivity index (χ1) is 12.3. The van der Waals surface area contributed by atoms with Gasteiger partial charge in [-0.15, -0.1) is 0 Å². The van der Waals surface area contributed by atoms with Crippen LogP contribution in [0.5, 0.6) is 11.5 Å².